The molecule has 1 N–H and O–H groups in total. The van der Waals surface area contributed by atoms with Crippen LogP contribution in [-0.4, -0.2) is 62.2 Å². The van der Waals surface area contributed by atoms with Crippen LogP contribution in [0, 0.1) is 5.92 Å². The fourth-order valence-corrected chi connectivity index (χ4v) is 3.03. The Labute approximate surface area is 107 Å². The zero-order valence-electron chi connectivity index (χ0n) is 11.6. The van der Waals surface area contributed by atoms with Gasteiger partial charge in [0.15, 0.2) is 0 Å². The molecule has 0 aliphatic carbocycles. The van der Waals surface area contributed by atoms with Gasteiger partial charge in [0.1, 0.15) is 0 Å². The van der Waals surface area contributed by atoms with E-state index >= 15 is 0 Å². The van der Waals surface area contributed by atoms with E-state index in [0.717, 1.165) is 5.92 Å². The van der Waals surface area contributed by atoms with Crippen LogP contribution < -0.4 is 5.32 Å². The molecule has 2 aliphatic heterocycles. The molecule has 0 amide bonds. The first-order valence-corrected chi connectivity index (χ1v) is 7.38. The Balaban J connectivity index is 1.73. The molecule has 17 heavy (non-hydrogen) atoms. The molecular weight excluding hydrogens is 210 g/mol. The summed E-state index contributed by atoms with van der Waals surface area (Å²) in [6.45, 7) is 10.1. The number of nitrogens with zero attached hydrogens (tertiary/aromatic N) is 2. The van der Waals surface area contributed by atoms with E-state index in [2.05, 4.69) is 29.1 Å². The Bertz CT molecular complexity index is 212. The summed E-state index contributed by atoms with van der Waals surface area (Å²) < 4.78 is 0. The summed E-state index contributed by atoms with van der Waals surface area (Å²) in [5.41, 5.74) is 0. The van der Waals surface area contributed by atoms with E-state index in [1.165, 1.54) is 65.0 Å². The Morgan fingerprint density at radius 3 is 2.59 bits per heavy atom. The SMILES string of the molecule is CC1CCN(CC2CCN(C)CC2)CCCN1. The van der Waals surface area contributed by atoms with Crippen molar-refractivity contribution < 1.29 is 0 Å². The smallest absolute Gasteiger partial charge is 0.00509 e. The van der Waals surface area contributed by atoms with E-state index in [-0.39, 0.29) is 0 Å². The maximum absolute atomic E-state index is 3.58. The largest absolute Gasteiger partial charge is 0.314 e. The van der Waals surface area contributed by atoms with E-state index in [0.29, 0.717) is 6.04 Å². The predicted molar refractivity (Wildman–Crippen MR) is 73.4 cm³/mol. The van der Waals surface area contributed by atoms with Gasteiger partial charge in [-0.15, -0.1) is 0 Å². The second-order valence-electron chi connectivity index (χ2n) is 6.04. The normalized spacial score (nSPS) is 31.1. The van der Waals surface area contributed by atoms with Crippen LogP contribution in [0.2, 0.25) is 0 Å². The Morgan fingerprint density at radius 2 is 1.82 bits per heavy atom. The molecule has 1 atom stereocenters. The van der Waals surface area contributed by atoms with E-state index in [1.807, 2.05) is 0 Å². The second kappa shape index (κ2) is 6.72. The summed E-state index contributed by atoms with van der Waals surface area (Å²) in [5, 5.41) is 3.58. The van der Waals surface area contributed by atoms with Crippen molar-refractivity contribution in [2.75, 3.05) is 46.3 Å². The van der Waals surface area contributed by atoms with Crippen LogP contribution in [0.25, 0.3) is 0 Å². The molecule has 2 heterocycles. The molecule has 1 unspecified atom stereocenters. The quantitative estimate of drug-likeness (QED) is 0.786. The number of nitrogens with one attached hydrogen (secondary N) is 1. The van der Waals surface area contributed by atoms with Gasteiger partial charge in [-0.1, -0.05) is 0 Å². The first-order valence-electron chi connectivity index (χ1n) is 7.38. The van der Waals surface area contributed by atoms with Gasteiger partial charge in [0.25, 0.3) is 0 Å². The lowest BCUT2D eigenvalue weighted by Crippen LogP contribution is -2.42. The van der Waals surface area contributed by atoms with Crippen LogP contribution in [0.15, 0.2) is 0 Å². The van der Waals surface area contributed by atoms with Gasteiger partial charge in [0, 0.05) is 12.6 Å². The third-order valence-electron chi connectivity index (χ3n) is 4.38. The molecule has 3 nitrogen and oxygen atoms in total. The van der Waals surface area contributed by atoms with E-state index in [9.17, 15) is 0 Å². The number of piperidine rings is 1. The Kier molecular flexibility index (Phi) is 5.26. The number of rotatable bonds is 2. The minimum Gasteiger partial charge on any atom is -0.314 e. The zero-order valence-corrected chi connectivity index (χ0v) is 11.6. The molecule has 2 aliphatic rings. The van der Waals surface area contributed by atoms with Crippen LogP contribution in [0.3, 0.4) is 0 Å². The molecule has 0 aromatic heterocycles. The molecule has 0 radical (unpaired) electrons. The average molecular weight is 239 g/mol. The number of hydrogen-bond acceptors (Lipinski definition) is 3. The maximum Gasteiger partial charge on any atom is 0.00509 e. The highest BCUT2D eigenvalue weighted by Crippen LogP contribution is 2.18. The molecule has 3 heteroatoms. The molecule has 0 saturated carbocycles. The molecule has 2 saturated heterocycles. The summed E-state index contributed by atoms with van der Waals surface area (Å²) in [7, 11) is 2.25. The van der Waals surface area contributed by atoms with Crippen LogP contribution in [0.5, 0.6) is 0 Å². The standard InChI is InChI=1S/C14H29N3/c1-13-4-11-17(8-3-7-15-13)12-14-5-9-16(2)10-6-14/h13-15H,3-12H2,1-2H3. The lowest BCUT2D eigenvalue weighted by molar-refractivity contribution is 0.150. The van der Waals surface area contributed by atoms with Crippen molar-refractivity contribution in [3.8, 4) is 0 Å². The van der Waals surface area contributed by atoms with Gasteiger partial charge in [0.05, 0.1) is 0 Å². The van der Waals surface area contributed by atoms with Crippen molar-refractivity contribution in [3.05, 3.63) is 0 Å². The highest BCUT2D eigenvalue weighted by atomic mass is 15.1. The van der Waals surface area contributed by atoms with Crippen molar-refractivity contribution in [1.82, 2.24) is 15.1 Å². The molecule has 2 rings (SSSR count). The fraction of sp³-hybridized carbons (Fsp3) is 1.00. The lowest BCUT2D eigenvalue weighted by Gasteiger charge is -2.34. The maximum atomic E-state index is 3.58. The highest BCUT2D eigenvalue weighted by Gasteiger charge is 2.20. The number of hydrogen-bond donors (Lipinski definition) is 1. The molecule has 0 spiro atoms. The average Bonchev–Trinajstić information content (AvgIpc) is 2.31. The third kappa shape index (κ3) is 4.57. The monoisotopic (exact) mass is 239 g/mol. The van der Waals surface area contributed by atoms with Crippen molar-refractivity contribution in [2.24, 2.45) is 5.92 Å². The minimum atomic E-state index is 0.704. The molecule has 0 aromatic carbocycles. The molecule has 2 fully saturated rings. The zero-order chi connectivity index (χ0) is 12.1. The summed E-state index contributed by atoms with van der Waals surface area (Å²) in [5.74, 6) is 0.953. The van der Waals surface area contributed by atoms with E-state index in [1.54, 1.807) is 0 Å². The van der Waals surface area contributed by atoms with E-state index < -0.39 is 0 Å². The summed E-state index contributed by atoms with van der Waals surface area (Å²) >= 11 is 0. The molecule has 0 bridgehead atoms. The van der Waals surface area contributed by atoms with Gasteiger partial charge in [-0.05, 0) is 78.3 Å². The van der Waals surface area contributed by atoms with Gasteiger partial charge < -0.3 is 15.1 Å². The molecular formula is C14H29N3. The van der Waals surface area contributed by atoms with Crippen molar-refractivity contribution in [2.45, 2.75) is 38.6 Å². The van der Waals surface area contributed by atoms with Crippen molar-refractivity contribution in [3.63, 3.8) is 0 Å². The van der Waals surface area contributed by atoms with E-state index in [4.69, 9.17) is 0 Å². The highest BCUT2D eigenvalue weighted by molar-refractivity contribution is 4.76. The topological polar surface area (TPSA) is 18.5 Å². The second-order valence-corrected chi connectivity index (χ2v) is 6.04. The van der Waals surface area contributed by atoms with Gasteiger partial charge in [-0.25, -0.2) is 0 Å². The van der Waals surface area contributed by atoms with Crippen LogP contribution >= 0.6 is 0 Å². The molecule has 100 valence electrons. The minimum absolute atomic E-state index is 0.704. The summed E-state index contributed by atoms with van der Waals surface area (Å²) in [4.78, 5) is 5.18. The Hall–Kier alpha value is -0.120. The lowest BCUT2D eigenvalue weighted by atomic mass is 9.96. The van der Waals surface area contributed by atoms with Crippen LogP contribution in [-0.2, 0) is 0 Å². The van der Waals surface area contributed by atoms with Crippen LogP contribution in [0.4, 0.5) is 0 Å². The first-order chi connectivity index (χ1) is 8.24. The van der Waals surface area contributed by atoms with Gasteiger partial charge in [-0.3, -0.25) is 0 Å². The van der Waals surface area contributed by atoms with Gasteiger partial charge >= 0.3 is 0 Å². The fourth-order valence-electron chi connectivity index (χ4n) is 3.03. The Morgan fingerprint density at radius 1 is 1.06 bits per heavy atom. The third-order valence-corrected chi connectivity index (χ3v) is 4.38. The van der Waals surface area contributed by atoms with Crippen molar-refractivity contribution in [1.29, 1.82) is 0 Å². The number of likely N-dealkylation sites (tertiary alicyclic amines) is 1. The van der Waals surface area contributed by atoms with Crippen LogP contribution in [0.1, 0.15) is 32.6 Å². The summed E-state index contributed by atoms with van der Waals surface area (Å²) in [6.07, 6.45) is 5.44. The molecule has 0 aromatic rings. The predicted octanol–water partition coefficient (Wildman–Crippen LogP) is 1.40. The van der Waals surface area contributed by atoms with Gasteiger partial charge in [0.2, 0.25) is 0 Å². The van der Waals surface area contributed by atoms with Crippen molar-refractivity contribution >= 4 is 0 Å². The van der Waals surface area contributed by atoms with Gasteiger partial charge in [-0.2, -0.15) is 0 Å². The summed E-state index contributed by atoms with van der Waals surface area (Å²) in [6, 6.07) is 0.704. The first kappa shape index (κ1) is 13.3.